The van der Waals surface area contributed by atoms with E-state index in [2.05, 4.69) is 6.92 Å². The van der Waals surface area contributed by atoms with Crippen LogP contribution in [0.5, 0.6) is 0 Å². The van der Waals surface area contributed by atoms with E-state index in [1.54, 1.807) is 22.6 Å². The number of halogens is 1. The van der Waals surface area contributed by atoms with Crippen molar-refractivity contribution in [3.05, 3.63) is 0 Å². The normalized spacial score (nSPS) is 50.7. The van der Waals surface area contributed by atoms with Crippen LogP contribution in [0.3, 0.4) is 0 Å². The molecule has 0 aromatic carbocycles. The Morgan fingerprint density at radius 1 is 1.60 bits per heavy atom. The molecule has 0 amide bonds. The van der Waals surface area contributed by atoms with Gasteiger partial charge in [0.05, 0.1) is 28.5 Å². The van der Waals surface area contributed by atoms with E-state index in [-0.39, 0.29) is 34.0 Å². The fourth-order valence-corrected chi connectivity index (χ4v) is 3.92. The summed E-state index contributed by atoms with van der Waals surface area (Å²) in [6, 6.07) is 0. The molecule has 3 rings (SSSR count). The Labute approximate surface area is 101 Å². The van der Waals surface area contributed by atoms with Gasteiger partial charge in [-0.05, 0) is 12.3 Å². The summed E-state index contributed by atoms with van der Waals surface area (Å²) in [6.07, 6.45) is 0.461. The second-order valence-corrected chi connectivity index (χ2v) is 5.54. The van der Waals surface area contributed by atoms with E-state index >= 15 is 0 Å². The zero-order valence-electron chi connectivity index (χ0n) is 8.18. The Morgan fingerprint density at radius 2 is 2.33 bits per heavy atom. The highest BCUT2D eigenvalue weighted by molar-refractivity contribution is 14.1. The standard InChI is InChI=1S/C10H11IO4/c1-3-4-2-5-6(3)8(14-9(5)12)7(4)15-10(11)13/h3-8H,2H2,1H3/t3-,4?,5?,6?,7?,8?/m0/s1. The maximum Gasteiger partial charge on any atom is 0.367 e. The molecule has 3 aliphatic rings. The molecule has 0 spiro atoms. The first-order valence-electron chi connectivity index (χ1n) is 5.16. The highest BCUT2D eigenvalue weighted by atomic mass is 127. The van der Waals surface area contributed by atoms with Crippen LogP contribution in [0.15, 0.2) is 0 Å². The van der Waals surface area contributed by atoms with E-state index < -0.39 is 0 Å². The molecule has 5 unspecified atom stereocenters. The molecular weight excluding hydrogens is 311 g/mol. The highest BCUT2D eigenvalue weighted by Crippen LogP contribution is 2.58. The largest absolute Gasteiger partial charge is 0.458 e. The van der Waals surface area contributed by atoms with Gasteiger partial charge >= 0.3 is 9.95 Å². The molecule has 2 saturated carbocycles. The molecule has 1 heterocycles. The van der Waals surface area contributed by atoms with Crippen LogP contribution in [0.25, 0.3) is 0 Å². The highest BCUT2D eigenvalue weighted by Gasteiger charge is 2.66. The van der Waals surface area contributed by atoms with Crippen molar-refractivity contribution in [1.82, 2.24) is 0 Å². The van der Waals surface area contributed by atoms with Gasteiger partial charge in [0.25, 0.3) is 0 Å². The SMILES string of the molecule is C[C@H]1C2CC3C(=O)OC(C2OC(=O)I)C31. The predicted molar refractivity (Wildman–Crippen MR) is 58.4 cm³/mol. The Balaban J connectivity index is 1.90. The second-order valence-electron chi connectivity index (χ2n) is 4.66. The summed E-state index contributed by atoms with van der Waals surface area (Å²) in [7, 11) is 0. The van der Waals surface area contributed by atoms with Gasteiger partial charge in [-0.25, -0.2) is 4.79 Å². The molecule has 1 saturated heterocycles. The third-order valence-electron chi connectivity index (χ3n) is 4.18. The number of rotatable bonds is 1. The van der Waals surface area contributed by atoms with Crippen LogP contribution in [0.2, 0.25) is 0 Å². The maximum atomic E-state index is 11.5. The Kier molecular flexibility index (Phi) is 2.03. The third kappa shape index (κ3) is 1.18. The van der Waals surface area contributed by atoms with Crippen molar-refractivity contribution in [2.24, 2.45) is 23.7 Å². The molecule has 6 atom stereocenters. The summed E-state index contributed by atoms with van der Waals surface area (Å²) in [5.41, 5.74) is 0. The van der Waals surface area contributed by atoms with Crippen LogP contribution < -0.4 is 0 Å². The molecule has 3 fully saturated rings. The van der Waals surface area contributed by atoms with E-state index in [1.165, 1.54) is 0 Å². The number of fused-ring (bicyclic) bond motifs is 1. The Morgan fingerprint density at radius 3 is 3.00 bits per heavy atom. The molecular formula is C10H11IO4. The van der Waals surface area contributed by atoms with Gasteiger partial charge in [0.15, 0.2) is 0 Å². The lowest BCUT2D eigenvalue weighted by Gasteiger charge is -2.24. The minimum absolute atomic E-state index is 0.0687. The van der Waals surface area contributed by atoms with Gasteiger partial charge in [0.2, 0.25) is 0 Å². The molecule has 4 nitrogen and oxygen atoms in total. The Hall–Kier alpha value is -0.330. The molecule has 15 heavy (non-hydrogen) atoms. The van der Waals surface area contributed by atoms with Crippen LogP contribution in [-0.4, -0.2) is 22.2 Å². The van der Waals surface area contributed by atoms with E-state index in [0.29, 0.717) is 11.8 Å². The lowest BCUT2D eigenvalue weighted by atomic mass is 9.88. The van der Waals surface area contributed by atoms with E-state index in [9.17, 15) is 9.59 Å². The quantitative estimate of drug-likeness (QED) is 0.419. The van der Waals surface area contributed by atoms with Gasteiger partial charge in [-0.1, -0.05) is 6.92 Å². The number of carbonyl (C=O) groups is 2. The van der Waals surface area contributed by atoms with Crippen molar-refractivity contribution in [3.8, 4) is 0 Å². The number of carbonyl (C=O) groups excluding carboxylic acids is 2. The molecule has 1 aliphatic heterocycles. The number of hydrogen-bond acceptors (Lipinski definition) is 4. The van der Waals surface area contributed by atoms with E-state index in [0.717, 1.165) is 6.42 Å². The molecule has 0 aromatic heterocycles. The minimum atomic E-state index is -0.308. The van der Waals surface area contributed by atoms with Crippen LogP contribution in [0, 0.1) is 23.7 Å². The van der Waals surface area contributed by atoms with Crippen molar-refractivity contribution in [2.75, 3.05) is 0 Å². The van der Waals surface area contributed by atoms with Crippen molar-refractivity contribution in [3.63, 3.8) is 0 Å². The molecule has 2 bridgehead atoms. The lowest BCUT2D eigenvalue weighted by Crippen LogP contribution is -2.34. The predicted octanol–water partition coefficient (Wildman–Crippen LogP) is 1.75. The van der Waals surface area contributed by atoms with Crippen molar-refractivity contribution < 1.29 is 19.1 Å². The maximum absolute atomic E-state index is 11.5. The number of esters is 1. The Bertz CT molecular complexity index is 342. The second kappa shape index (κ2) is 3.09. The number of hydrogen-bond donors (Lipinski definition) is 0. The average molecular weight is 322 g/mol. The van der Waals surface area contributed by atoms with Gasteiger partial charge in [-0.3, -0.25) is 4.79 Å². The topological polar surface area (TPSA) is 52.6 Å². The molecule has 82 valence electrons. The van der Waals surface area contributed by atoms with E-state index in [4.69, 9.17) is 9.47 Å². The van der Waals surface area contributed by atoms with Crippen molar-refractivity contribution >= 4 is 32.5 Å². The third-order valence-corrected chi connectivity index (χ3v) is 4.44. The van der Waals surface area contributed by atoms with Crippen LogP contribution in [-0.2, 0) is 14.3 Å². The number of ether oxygens (including phenoxy) is 2. The summed E-state index contributed by atoms with van der Waals surface area (Å²) in [5, 5.41) is 0. The molecule has 0 radical (unpaired) electrons. The monoisotopic (exact) mass is 322 g/mol. The molecule has 0 N–H and O–H groups in total. The molecule has 2 aliphatic carbocycles. The first-order valence-corrected chi connectivity index (χ1v) is 6.24. The summed E-state index contributed by atoms with van der Waals surface area (Å²) in [4.78, 5) is 22.5. The van der Waals surface area contributed by atoms with Gasteiger partial charge in [0, 0.05) is 11.8 Å². The smallest absolute Gasteiger partial charge is 0.367 e. The first kappa shape index (κ1) is 9.86. The fourth-order valence-electron chi connectivity index (χ4n) is 3.62. The molecule has 0 aromatic rings. The lowest BCUT2D eigenvalue weighted by molar-refractivity contribution is -0.145. The molecule has 5 heteroatoms. The van der Waals surface area contributed by atoms with Gasteiger partial charge in [0.1, 0.15) is 12.2 Å². The van der Waals surface area contributed by atoms with Crippen molar-refractivity contribution in [1.29, 1.82) is 0 Å². The van der Waals surface area contributed by atoms with E-state index in [1.807, 2.05) is 0 Å². The fraction of sp³-hybridized carbons (Fsp3) is 0.800. The summed E-state index contributed by atoms with van der Waals surface area (Å²) in [6.45, 7) is 2.13. The van der Waals surface area contributed by atoms with Gasteiger partial charge < -0.3 is 9.47 Å². The summed E-state index contributed by atoms with van der Waals surface area (Å²) < 4.78 is 10.3. The minimum Gasteiger partial charge on any atom is -0.458 e. The first-order chi connectivity index (χ1) is 7.09. The van der Waals surface area contributed by atoms with Crippen LogP contribution >= 0.6 is 22.6 Å². The van der Waals surface area contributed by atoms with Crippen molar-refractivity contribution in [2.45, 2.75) is 25.6 Å². The van der Waals surface area contributed by atoms with Crippen LogP contribution in [0.4, 0.5) is 4.79 Å². The zero-order valence-corrected chi connectivity index (χ0v) is 10.3. The van der Waals surface area contributed by atoms with Gasteiger partial charge in [-0.15, -0.1) is 0 Å². The van der Waals surface area contributed by atoms with Gasteiger partial charge in [-0.2, -0.15) is 0 Å². The average Bonchev–Trinajstić information content (AvgIpc) is 2.67. The summed E-state index contributed by atoms with van der Waals surface area (Å²) in [5.74, 6) is 1.01. The zero-order chi connectivity index (χ0) is 10.7. The van der Waals surface area contributed by atoms with Crippen LogP contribution in [0.1, 0.15) is 13.3 Å². The summed E-state index contributed by atoms with van der Waals surface area (Å²) >= 11 is 1.62.